The highest BCUT2D eigenvalue weighted by molar-refractivity contribution is 8.05. The standard InChI is InChI=1S/C10H18N2S2/c1-5-11-7(3)8(4)12(6-2)9(11)10(13)14/h13-14H,5-6H2,1-4H3. The molecule has 0 radical (unpaired) electrons. The van der Waals surface area contributed by atoms with Gasteiger partial charge in [0.25, 0.3) is 0 Å². The number of nitrogens with zero attached hydrogens (tertiary/aromatic N) is 2. The predicted octanol–water partition coefficient (Wildman–Crippen LogP) is 2.88. The number of thiol groups is 2. The number of allylic oxidation sites excluding steroid dienone is 2. The highest BCUT2D eigenvalue weighted by Crippen LogP contribution is 2.34. The minimum absolute atomic E-state index is 0.782. The summed E-state index contributed by atoms with van der Waals surface area (Å²) < 4.78 is 0.782. The SMILES string of the molecule is CCN1C(C)=C(C)N(CC)C1=C(S)S. The maximum Gasteiger partial charge on any atom is 0.133 e. The van der Waals surface area contributed by atoms with E-state index < -0.39 is 0 Å². The van der Waals surface area contributed by atoms with Crippen LogP contribution >= 0.6 is 25.3 Å². The molecule has 0 bridgehead atoms. The van der Waals surface area contributed by atoms with Gasteiger partial charge in [-0.1, -0.05) is 0 Å². The lowest BCUT2D eigenvalue weighted by Gasteiger charge is -2.25. The molecule has 1 rings (SSSR count). The Morgan fingerprint density at radius 1 is 1.00 bits per heavy atom. The van der Waals surface area contributed by atoms with E-state index in [1.54, 1.807) is 0 Å². The van der Waals surface area contributed by atoms with Gasteiger partial charge in [0.2, 0.25) is 0 Å². The molecule has 0 N–H and O–H groups in total. The molecule has 2 nitrogen and oxygen atoms in total. The summed E-state index contributed by atoms with van der Waals surface area (Å²) in [6, 6.07) is 0. The molecule has 0 fully saturated rings. The van der Waals surface area contributed by atoms with Crippen LogP contribution in [0.25, 0.3) is 0 Å². The van der Waals surface area contributed by atoms with Gasteiger partial charge in [-0.25, -0.2) is 0 Å². The summed E-state index contributed by atoms with van der Waals surface area (Å²) in [6.45, 7) is 10.5. The highest BCUT2D eigenvalue weighted by Gasteiger charge is 2.28. The van der Waals surface area contributed by atoms with Crippen LogP contribution in [-0.2, 0) is 0 Å². The largest absolute Gasteiger partial charge is 0.329 e. The van der Waals surface area contributed by atoms with Crippen LogP contribution in [0.2, 0.25) is 0 Å². The van der Waals surface area contributed by atoms with E-state index in [0.717, 1.165) is 23.1 Å². The van der Waals surface area contributed by atoms with Crippen LogP contribution in [0.5, 0.6) is 0 Å². The maximum absolute atomic E-state index is 4.33. The first-order chi connectivity index (χ1) is 6.54. The van der Waals surface area contributed by atoms with E-state index in [1.165, 1.54) is 11.4 Å². The van der Waals surface area contributed by atoms with Crippen molar-refractivity contribution in [2.24, 2.45) is 0 Å². The van der Waals surface area contributed by atoms with Crippen molar-refractivity contribution in [2.75, 3.05) is 13.1 Å². The van der Waals surface area contributed by atoms with Gasteiger partial charge in [0.05, 0.1) is 4.24 Å². The smallest absolute Gasteiger partial charge is 0.133 e. The van der Waals surface area contributed by atoms with Gasteiger partial charge < -0.3 is 9.80 Å². The molecule has 0 saturated carbocycles. The molecule has 0 saturated heterocycles. The van der Waals surface area contributed by atoms with Crippen LogP contribution in [0, 0.1) is 0 Å². The van der Waals surface area contributed by atoms with Crippen LogP contribution in [0.3, 0.4) is 0 Å². The Kier molecular flexibility index (Phi) is 3.84. The molecular formula is C10H18N2S2. The molecule has 0 spiro atoms. The molecule has 0 unspecified atom stereocenters. The third-order valence-electron chi connectivity index (χ3n) is 2.68. The van der Waals surface area contributed by atoms with Crippen LogP contribution < -0.4 is 0 Å². The predicted molar refractivity (Wildman–Crippen MR) is 68.1 cm³/mol. The molecule has 1 aliphatic heterocycles. The van der Waals surface area contributed by atoms with E-state index in [9.17, 15) is 0 Å². The molecule has 0 aromatic carbocycles. The Morgan fingerprint density at radius 3 is 1.57 bits per heavy atom. The van der Waals surface area contributed by atoms with E-state index in [-0.39, 0.29) is 0 Å². The summed E-state index contributed by atoms with van der Waals surface area (Å²) in [6.07, 6.45) is 0. The second-order valence-corrected chi connectivity index (χ2v) is 4.55. The molecule has 1 heterocycles. The van der Waals surface area contributed by atoms with Gasteiger partial charge in [-0.15, -0.1) is 25.3 Å². The Bertz CT molecular complexity index is 268. The van der Waals surface area contributed by atoms with Crippen molar-refractivity contribution in [1.82, 2.24) is 9.80 Å². The van der Waals surface area contributed by atoms with Crippen molar-refractivity contribution in [3.05, 3.63) is 21.5 Å². The van der Waals surface area contributed by atoms with Gasteiger partial charge in [0.1, 0.15) is 5.82 Å². The van der Waals surface area contributed by atoms with Crippen LogP contribution in [0.1, 0.15) is 27.7 Å². The molecule has 0 aromatic heterocycles. The Morgan fingerprint density at radius 2 is 1.36 bits per heavy atom. The summed E-state index contributed by atoms with van der Waals surface area (Å²) in [7, 11) is 0. The lowest BCUT2D eigenvalue weighted by Crippen LogP contribution is -2.25. The van der Waals surface area contributed by atoms with Gasteiger partial charge >= 0.3 is 0 Å². The zero-order valence-electron chi connectivity index (χ0n) is 9.20. The van der Waals surface area contributed by atoms with Crippen molar-refractivity contribution in [1.29, 1.82) is 0 Å². The second-order valence-electron chi connectivity index (χ2n) is 3.31. The average molecular weight is 230 g/mol. The minimum Gasteiger partial charge on any atom is -0.329 e. The lowest BCUT2D eigenvalue weighted by molar-refractivity contribution is 0.357. The number of rotatable bonds is 2. The van der Waals surface area contributed by atoms with Crippen molar-refractivity contribution in [3.8, 4) is 0 Å². The monoisotopic (exact) mass is 230 g/mol. The van der Waals surface area contributed by atoms with E-state index in [4.69, 9.17) is 0 Å². The molecule has 1 aliphatic rings. The van der Waals surface area contributed by atoms with Crippen molar-refractivity contribution < 1.29 is 0 Å². The molecule has 14 heavy (non-hydrogen) atoms. The first kappa shape index (κ1) is 11.9. The summed E-state index contributed by atoms with van der Waals surface area (Å²) >= 11 is 8.67. The molecule has 4 heteroatoms. The fourth-order valence-corrected chi connectivity index (χ4v) is 2.35. The summed E-state index contributed by atoms with van der Waals surface area (Å²) in [5.74, 6) is 1.11. The third kappa shape index (κ3) is 1.77. The average Bonchev–Trinajstić information content (AvgIpc) is 2.39. The zero-order chi connectivity index (χ0) is 10.9. The maximum atomic E-state index is 4.33. The van der Waals surface area contributed by atoms with Gasteiger partial charge in [-0.2, -0.15) is 0 Å². The lowest BCUT2D eigenvalue weighted by atomic mass is 10.3. The van der Waals surface area contributed by atoms with E-state index in [1.807, 2.05) is 0 Å². The summed E-state index contributed by atoms with van der Waals surface area (Å²) in [4.78, 5) is 4.49. The third-order valence-corrected chi connectivity index (χ3v) is 3.08. The molecular weight excluding hydrogens is 212 g/mol. The van der Waals surface area contributed by atoms with Crippen molar-refractivity contribution >= 4 is 25.3 Å². The van der Waals surface area contributed by atoms with Crippen LogP contribution in [0.15, 0.2) is 21.5 Å². The second kappa shape index (κ2) is 4.53. The molecule has 0 aromatic rings. The Labute approximate surface area is 97.5 Å². The van der Waals surface area contributed by atoms with E-state index in [0.29, 0.717) is 0 Å². The van der Waals surface area contributed by atoms with Gasteiger partial charge in [0.15, 0.2) is 0 Å². The quantitative estimate of drug-likeness (QED) is 0.704. The van der Waals surface area contributed by atoms with Crippen LogP contribution in [-0.4, -0.2) is 22.9 Å². The summed E-state index contributed by atoms with van der Waals surface area (Å²) in [5.41, 5.74) is 2.59. The minimum atomic E-state index is 0.782. The fourth-order valence-electron chi connectivity index (χ4n) is 1.87. The molecule has 0 amide bonds. The first-order valence-electron chi connectivity index (χ1n) is 4.89. The van der Waals surface area contributed by atoms with Gasteiger partial charge in [-0.05, 0) is 27.7 Å². The number of hydrogen-bond acceptors (Lipinski definition) is 4. The van der Waals surface area contributed by atoms with Crippen LogP contribution in [0.4, 0.5) is 0 Å². The van der Waals surface area contributed by atoms with Gasteiger partial charge in [0, 0.05) is 24.5 Å². The van der Waals surface area contributed by atoms with E-state index >= 15 is 0 Å². The molecule has 0 atom stereocenters. The van der Waals surface area contributed by atoms with Gasteiger partial charge in [-0.3, -0.25) is 0 Å². The zero-order valence-corrected chi connectivity index (χ0v) is 11.0. The molecule has 0 aliphatic carbocycles. The topological polar surface area (TPSA) is 6.48 Å². The molecule has 80 valence electrons. The Hall–Kier alpha value is -0.220. The van der Waals surface area contributed by atoms with Crippen molar-refractivity contribution in [3.63, 3.8) is 0 Å². The normalized spacial score (nSPS) is 17.1. The first-order valence-corrected chi connectivity index (χ1v) is 5.78. The van der Waals surface area contributed by atoms with E-state index in [2.05, 4.69) is 62.8 Å². The van der Waals surface area contributed by atoms with Crippen molar-refractivity contribution in [2.45, 2.75) is 27.7 Å². The Balaban J connectivity index is 3.16. The number of hydrogen-bond donors (Lipinski definition) is 2. The highest BCUT2D eigenvalue weighted by atomic mass is 32.2. The summed E-state index contributed by atoms with van der Waals surface area (Å²) in [5, 5.41) is 0. The fraction of sp³-hybridized carbons (Fsp3) is 0.600.